The van der Waals surface area contributed by atoms with Crippen LogP contribution >= 0.6 is 0 Å². The van der Waals surface area contributed by atoms with Gasteiger partial charge in [0.15, 0.2) is 5.60 Å². The van der Waals surface area contributed by atoms with Gasteiger partial charge in [-0.2, -0.15) is 0 Å². The summed E-state index contributed by atoms with van der Waals surface area (Å²) in [6.07, 6.45) is -0.966. The molecular formula is C16H20O5. The molecular weight excluding hydrogens is 272 g/mol. The predicted molar refractivity (Wildman–Crippen MR) is 75.5 cm³/mol. The van der Waals surface area contributed by atoms with Crippen molar-refractivity contribution < 1.29 is 24.2 Å². The van der Waals surface area contributed by atoms with Crippen molar-refractivity contribution in [3.05, 3.63) is 35.9 Å². The van der Waals surface area contributed by atoms with Crippen LogP contribution in [0.2, 0.25) is 0 Å². The van der Waals surface area contributed by atoms with Gasteiger partial charge < -0.3 is 14.6 Å². The van der Waals surface area contributed by atoms with Crippen LogP contribution in [-0.2, 0) is 25.5 Å². The van der Waals surface area contributed by atoms with E-state index >= 15 is 0 Å². The number of esters is 1. The lowest BCUT2D eigenvalue weighted by Crippen LogP contribution is -2.42. The maximum Gasteiger partial charge on any atom is 0.341 e. The van der Waals surface area contributed by atoms with Crippen molar-refractivity contribution in [2.75, 3.05) is 0 Å². The van der Waals surface area contributed by atoms with E-state index in [9.17, 15) is 9.59 Å². The van der Waals surface area contributed by atoms with Gasteiger partial charge in [-0.15, -0.1) is 0 Å². The first-order chi connectivity index (χ1) is 9.73. The molecule has 5 nitrogen and oxygen atoms in total. The minimum absolute atomic E-state index is 0.186. The molecule has 1 aliphatic rings. The highest BCUT2D eigenvalue weighted by molar-refractivity contribution is 5.87. The van der Waals surface area contributed by atoms with E-state index in [2.05, 4.69) is 0 Å². The highest BCUT2D eigenvalue weighted by Gasteiger charge is 2.54. The predicted octanol–water partition coefficient (Wildman–Crippen LogP) is 2.39. The molecule has 0 amide bonds. The van der Waals surface area contributed by atoms with E-state index in [0.29, 0.717) is 0 Å². The number of cyclic esters (lactones) is 1. The second-order valence-corrected chi connectivity index (χ2v) is 6.45. The fourth-order valence-electron chi connectivity index (χ4n) is 2.30. The average molecular weight is 292 g/mol. The van der Waals surface area contributed by atoms with Crippen LogP contribution in [0.4, 0.5) is 0 Å². The molecule has 5 heteroatoms. The maximum absolute atomic E-state index is 12.3. The first kappa shape index (κ1) is 15.5. The van der Waals surface area contributed by atoms with Gasteiger partial charge in [0.1, 0.15) is 0 Å². The molecule has 0 saturated carbocycles. The van der Waals surface area contributed by atoms with Crippen molar-refractivity contribution in [1.82, 2.24) is 0 Å². The van der Waals surface area contributed by atoms with Gasteiger partial charge in [-0.1, -0.05) is 51.1 Å². The molecule has 1 aromatic carbocycles. The Hall–Kier alpha value is -1.88. The molecule has 0 bridgehead atoms. The zero-order valence-corrected chi connectivity index (χ0v) is 12.5. The number of carbonyl (C=O) groups excluding carboxylic acids is 1. The standard InChI is InChI=1S/C16H20O5/c1-15(2,3)14-20-13(19)16(21-14,10-12(17)18)9-11-7-5-4-6-8-11/h4-8,14H,9-10H2,1-3H3,(H,17,18)/t14-,16+/m0/s1. The average Bonchev–Trinajstić information content (AvgIpc) is 2.67. The van der Waals surface area contributed by atoms with Crippen molar-refractivity contribution in [3.63, 3.8) is 0 Å². The van der Waals surface area contributed by atoms with E-state index in [-0.39, 0.29) is 6.42 Å². The number of hydrogen-bond acceptors (Lipinski definition) is 4. The molecule has 2 atom stereocenters. The van der Waals surface area contributed by atoms with Gasteiger partial charge in [-0.3, -0.25) is 4.79 Å². The van der Waals surface area contributed by atoms with Gasteiger partial charge in [0, 0.05) is 11.8 Å². The van der Waals surface area contributed by atoms with Crippen molar-refractivity contribution in [1.29, 1.82) is 0 Å². The number of carbonyl (C=O) groups is 2. The van der Waals surface area contributed by atoms with Gasteiger partial charge >= 0.3 is 11.9 Å². The summed E-state index contributed by atoms with van der Waals surface area (Å²) >= 11 is 0. The summed E-state index contributed by atoms with van der Waals surface area (Å²) in [5.41, 5.74) is -1.03. The Labute approximate surface area is 123 Å². The third kappa shape index (κ3) is 3.42. The van der Waals surface area contributed by atoms with Crippen molar-refractivity contribution in [2.24, 2.45) is 5.41 Å². The Morgan fingerprint density at radius 3 is 2.38 bits per heavy atom. The van der Waals surface area contributed by atoms with Gasteiger partial charge in [0.2, 0.25) is 6.29 Å². The molecule has 0 radical (unpaired) electrons. The molecule has 0 aliphatic carbocycles. The highest BCUT2D eigenvalue weighted by Crippen LogP contribution is 2.38. The Balaban J connectivity index is 2.30. The van der Waals surface area contributed by atoms with Gasteiger partial charge in [-0.05, 0) is 5.56 Å². The highest BCUT2D eigenvalue weighted by atomic mass is 16.8. The third-order valence-corrected chi connectivity index (χ3v) is 3.40. The van der Waals surface area contributed by atoms with Gasteiger partial charge in [0.25, 0.3) is 0 Å². The summed E-state index contributed by atoms with van der Waals surface area (Å²) in [6.45, 7) is 5.64. The van der Waals surface area contributed by atoms with E-state index in [4.69, 9.17) is 14.6 Å². The SMILES string of the molecule is CC(C)(C)[C@H]1OC(=O)[C@](CC(=O)O)(Cc2ccccc2)O1. The number of aliphatic carboxylic acids is 1. The molecule has 1 aromatic rings. The second kappa shape index (κ2) is 5.48. The van der Waals surface area contributed by atoms with Crippen LogP contribution in [0.1, 0.15) is 32.8 Å². The fraction of sp³-hybridized carbons (Fsp3) is 0.500. The molecule has 1 fully saturated rings. The number of ether oxygens (including phenoxy) is 2. The number of hydrogen-bond donors (Lipinski definition) is 1. The molecule has 0 aromatic heterocycles. The van der Waals surface area contributed by atoms with Crippen molar-refractivity contribution in [3.8, 4) is 0 Å². The maximum atomic E-state index is 12.3. The minimum Gasteiger partial charge on any atom is -0.481 e. The van der Waals surface area contributed by atoms with E-state index < -0.39 is 35.7 Å². The summed E-state index contributed by atoms with van der Waals surface area (Å²) in [5, 5.41) is 9.14. The van der Waals surface area contributed by atoms with E-state index in [0.717, 1.165) is 5.56 Å². The Bertz CT molecular complexity index is 531. The van der Waals surface area contributed by atoms with Gasteiger partial charge in [-0.25, -0.2) is 4.79 Å². The first-order valence-electron chi connectivity index (χ1n) is 6.88. The summed E-state index contributed by atoms with van der Waals surface area (Å²) < 4.78 is 11.1. The number of rotatable bonds is 4. The molecule has 2 rings (SSSR count). The number of carboxylic acids is 1. The van der Waals surface area contributed by atoms with E-state index in [1.165, 1.54) is 0 Å². The quantitative estimate of drug-likeness (QED) is 0.863. The topological polar surface area (TPSA) is 72.8 Å². The molecule has 1 aliphatic heterocycles. The van der Waals surface area contributed by atoms with Gasteiger partial charge in [0.05, 0.1) is 6.42 Å². The molecule has 0 unspecified atom stereocenters. The zero-order chi connectivity index (χ0) is 15.7. The monoisotopic (exact) mass is 292 g/mol. The fourth-order valence-corrected chi connectivity index (χ4v) is 2.30. The smallest absolute Gasteiger partial charge is 0.341 e. The van der Waals surface area contributed by atoms with E-state index in [1.807, 2.05) is 51.1 Å². The van der Waals surface area contributed by atoms with Crippen LogP contribution in [0.5, 0.6) is 0 Å². The normalized spacial score (nSPS) is 25.7. The lowest BCUT2D eigenvalue weighted by Gasteiger charge is -2.27. The Morgan fingerprint density at radius 1 is 1.29 bits per heavy atom. The molecule has 114 valence electrons. The molecule has 21 heavy (non-hydrogen) atoms. The Kier molecular flexibility index (Phi) is 4.05. The first-order valence-corrected chi connectivity index (χ1v) is 6.88. The number of carboxylic acid groups (broad SMARTS) is 1. The Morgan fingerprint density at radius 2 is 1.90 bits per heavy atom. The van der Waals surface area contributed by atoms with Crippen LogP contribution in [0.15, 0.2) is 30.3 Å². The summed E-state index contributed by atoms with van der Waals surface area (Å²) in [6, 6.07) is 9.21. The van der Waals surface area contributed by atoms with E-state index in [1.54, 1.807) is 0 Å². The number of benzene rings is 1. The summed E-state index contributed by atoms with van der Waals surface area (Å²) in [7, 11) is 0. The molecule has 1 saturated heterocycles. The molecule has 1 N–H and O–H groups in total. The zero-order valence-electron chi connectivity index (χ0n) is 12.5. The third-order valence-electron chi connectivity index (χ3n) is 3.40. The van der Waals surface area contributed by atoms with Crippen LogP contribution in [0, 0.1) is 5.41 Å². The van der Waals surface area contributed by atoms with Crippen LogP contribution in [0.3, 0.4) is 0 Å². The minimum atomic E-state index is -1.45. The van der Waals surface area contributed by atoms with Crippen molar-refractivity contribution >= 4 is 11.9 Å². The molecule has 0 spiro atoms. The second-order valence-electron chi connectivity index (χ2n) is 6.45. The molecule has 1 heterocycles. The summed E-state index contributed by atoms with van der Waals surface area (Å²) in [5.74, 6) is -1.69. The van der Waals surface area contributed by atoms with Crippen LogP contribution in [-0.4, -0.2) is 28.9 Å². The largest absolute Gasteiger partial charge is 0.481 e. The van der Waals surface area contributed by atoms with Crippen LogP contribution < -0.4 is 0 Å². The lowest BCUT2D eigenvalue weighted by molar-refractivity contribution is -0.160. The summed E-state index contributed by atoms with van der Waals surface area (Å²) in [4.78, 5) is 23.4. The lowest BCUT2D eigenvalue weighted by atomic mass is 9.91. The van der Waals surface area contributed by atoms with Crippen LogP contribution in [0.25, 0.3) is 0 Å². The van der Waals surface area contributed by atoms with Crippen molar-refractivity contribution in [2.45, 2.75) is 45.5 Å².